The number of nitrogens with zero attached hydrogens (tertiary/aromatic N) is 3. The fourth-order valence-corrected chi connectivity index (χ4v) is 2.36. The Morgan fingerprint density at radius 2 is 1.88 bits per heavy atom. The van der Waals surface area contributed by atoms with E-state index in [-0.39, 0.29) is 34.8 Å². The van der Waals surface area contributed by atoms with Crippen molar-refractivity contribution in [1.82, 2.24) is 20.1 Å². The summed E-state index contributed by atoms with van der Waals surface area (Å²) in [5.41, 5.74) is 2.09. The second-order valence-corrected chi connectivity index (χ2v) is 6.17. The first-order valence-corrected chi connectivity index (χ1v) is 7.95. The molecule has 0 radical (unpaired) electrons. The topological polar surface area (TPSA) is 85.1 Å². The lowest BCUT2D eigenvalue weighted by atomic mass is 10.1. The van der Waals surface area contributed by atoms with Crippen LogP contribution in [0.3, 0.4) is 0 Å². The maximum atomic E-state index is 12.2. The van der Waals surface area contributed by atoms with E-state index in [0.717, 1.165) is 11.3 Å². The van der Waals surface area contributed by atoms with Crippen molar-refractivity contribution in [1.29, 1.82) is 0 Å². The molecule has 1 aromatic carbocycles. The van der Waals surface area contributed by atoms with Crippen LogP contribution in [0.15, 0.2) is 29.1 Å². The van der Waals surface area contributed by atoms with Gasteiger partial charge in [-0.25, -0.2) is 0 Å². The van der Waals surface area contributed by atoms with E-state index in [0.29, 0.717) is 6.54 Å². The Morgan fingerprint density at radius 3 is 2.46 bits per heavy atom. The van der Waals surface area contributed by atoms with Crippen molar-refractivity contribution >= 4 is 23.8 Å². The quantitative estimate of drug-likeness (QED) is 0.773. The number of hydrogen-bond donors (Lipinski definition) is 2. The van der Waals surface area contributed by atoms with Gasteiger partial charge in [0.1, 0.15) is 5.69 Å². The van der Waals surface area contributed by atoms with E-state index in [1.54, 1.807) is 11.9 Å². The van der Waals surface area contributed by atoms with Gasteiger partial charge in [-0.2, -0.15) is 5.10 Å². The minimum absolute atomic E-state index is 0.0460. The summed E-state index contributed by atoms with van der Waals surface area (Å²) in [5.74, 6) is -0.0460. The third kappa shape index (κ3) is 4.76. The fourth-order valence-electron chi connectivity index (χ4n) is 2.22. The Morgan fingerprint density at radius 1 is 1.21 bits per heavy atom. The van der Waals surface area contributed by atoms with Crippen LogP contribution in [0.5, 0.6) is 0 Å². The molecule has 0 saturated heterocycles. The van der Waals surface area contributed by atoms with Crippen LogP contribution in [0.25, 0.3) is 0 Å². The summed E-state index contributed by atoms with van der Waals surface area (Å²) in [4.78, 5) is 30.0. The molecule has 2 rings (SSSR count). The first-order valence-electron chi connectivity index (χ1n) is 7.55. The summed E-state index contributed by atoms with van der Waals surface area (Å²) in [5, 5.41) is 6.40. The molecule has 0 aliphatic rings. The smallest absolute Gasteiger partial charge is 0.273 e. The minimum atomic E-state index is -0.353. The summed E-state index contributed by atoms with van der Waals surface area (Å²) in [7, 11) is 5.71. The van der Waals surface area contributed by atoms with E-state index in [2.05, 4.69) is 15.2 Å². The standard InChI is InChI=1S/C16H21N5O2S/c1-20(2)12-6-4-11(5-7-12)10-21(3)14(22)9-8-13-15(23)17-16(24)19-18-13/h4-7H,8-10H2,1-3H3,(H2,17,19,23,24). The van der Waals surface area contributed by atoms with Gasteiger partial charge < -0.3 is 9.80 Å². The van der Waals surface area contributed by atoms with Crippen LogP contribution in [0.1, 0.15) is 17.7 Å². The normalized spacial score (nSPS) is 10.5. The highest BCUT2D eigenvalue weighted by atomic mass is 32.1. The molecule has 0 fully saturated rings. The van der Waals surface area contributed by atoms with E-state index in [4.69, 9.17) is 12.2 Å². The molecule has 1 heterocycles. The van der Waals surface area contributed by atoms with Crippen molar-refractivity contribution in [3.63, 3.8) is 0 Å². The maximum absolute atomic E-state index is 12.2. The van der Waals surface area contributed by atoms with E-state index in [1.165, 1.54) is 0 Å². The number of nitrogens with one attached hydrogen (secondary N) is 2. The fraction of sp³-hybridized carbons (Fsp3) is 0.375. The summed E-state index contributed by atoms with van der Waals surface area (Å²) in [6, 6.07) is 8.04. The number of aryl methyl sites for hydroxylation is 1. The number of amides is 1. The first kappa shape index (κ1) is 17.9. The third-order valence-corrected chi connectivity index (χ3v) is 3.85. The number of anilines is 1. The van der Waals surface area contributed by atoms with Crippen LogP contribution in [-0.4, -0.2) is 47.1 Å². The molecule has 0 bridgehead atoms. The number of rotatable bonds is 6. The van der Waals surface area contributed by atoms with Gasteiger partial charge in [-0.3, -0.25) is 19.7 Å². The summed E-state index contributed by atoms with van der Waals surface area (Å²) in [6.45, 7) is 0.521. The van der Waals surface area contributed by atoms with Crippen molar-refractivity contribution in [3.8, 4) is 0 Å². The molecule has 24 heavy (non-hydrogen) atoms. The van der Waals surface area contributed by atoms with Crippen molar-refractivity contribution in [2.75, 3.05) is 26.0 Å². The number of carbonyl (C=O) groups excluding carboxylic acids is 1. The zero-order valence-corrected chi connectivity index (χ0v) is 14.8. The number of benzene rings is 1. The summed E-state index contributed by atoms with van der Waals surface area (Å²) in [6.07, 6.45) is 0.483. The lowest BCUT2D eigenvalue weighted by Gasteiger charge is -2.18. The molecule has 1 amide bonds. The van der Waals surface area contributed by atoms with Crippen molar-refractivity contribution in [2.45, 2.75) is 19.4 Å². The molecular formula is C16H21N5O2S. The molecule has 0 atom stereocenters. The highest BCUT2D eigenvalue weighted by Gasteiger charge is 2.12. The van der Waals surface area contributed by atoms with Gasteiger partial charge in [0.05, 0.1) is 0 Å². The van der Waals surface area contributed by atoms with Gasteiger partial charge in [0.15, 0.2) is 4.77 Å². The molecule has 2 aromatic rings. The second-order valence-electron chi connectivity index (χ2n) is 5.76. The Hall–Kier alpha value is -2.48. The molecule has 0 saturated carbocycles. The van der Waals surface area contributed by atoms with E-state index >= 15 is 0 Å². The van der Waals surface area contributed by atoms with Gasteiger partial charge in [-0.1, -0.05) is 12.1 Å². The Bertz CT molecular complexity index is 810. The van der Waals surface area contributed by atoms with Gasteiger partial charge in [0, 0.05) is 46.2 Å². The minimum Gasteiger partial charge on any atom is -0.378 e. The molecule has 0 aliphatic carbocycles. The lowest BCUT2D eigenvalue weighted by molar-refractivity contribution is -0.130. The molecule has 0 spiro atoms. The van der Waals surface area contributed by atoms with Crippen LogP contribution in [-0.2, 0) is 17.8 Å². The van der Waals surface area contributed by atoms with Crippen molar-refractivity contribution < 1.29 is 4.79 Å². The van der Waals surface area contributed by atoms with E-state index < -0.39 is 0 Å². The average molecular weight is 347 g/mol. The summed E-state index contributed by atoms with van der Waals surface area (Å²) >= 11 is 4.78. The van der Waals surface area contributed by atoms with Crippen LogP contribution in [0.2, 0.25) is 0 Å². The highest BCUT2D eigenvalue weighted by Crippen LogP contribution is 2.13. The molecule has 1 aromatic heterocycles. The number of aromatic nitrogens is 3. The lowest BCUT2D eigenvalue weighted by Crippen LogP contribution is -2.27. The van der Waals surface area contributed by atoms with Gasteiger partial charge in [0.25, 0.3) is 5.56 Å². The molecule has 0 aliphatic heterocycles. The van der Waals surface area contributed by atoms with Gasteiger partial charge >= 0.3 is 0 Å². The zero-order valence-electron chi connectivity index (χ0n) is 14.0. The Balaban J connectivity index is 1.92. The predicted octanol–water partition coefficient (Wildman–Crippen LogP) is 1.48. The van der Waals surface area contributed by atoms with Crippen molar-refractivity contribution in [2.24, 2.45) is 0 Å². The molecule has 128 valence electrons. The number of carbonyl (C=O) groups is 1. The molecule has 2 N–H and O–H groups in total. The number of aromatic amines is 2. The second kappa shape index (κ2) is 7.87. The van der Waals surface area contributed by atoms with Crippen molar-refractivity contribution in [3.05, 3.63) is 50.6 Å². The zero-order chi connectivity index (χ0) is 17.7. The van der Waals surface area contributed by atoms with Crippen LogP contribution >= 0.6 is 12.2 Å². The Kier molecular flexibility index (Phi) is 5.86. The SMILES string of the molecule is CN(Cc1ccc(N(C)C)cc1)C(=O)CCc1n[nH]c(=S)[nH]c1=O. The molecular weight excluding hydrogens is 326 g/mol. The van der Waals surface area contributed by atoms with E-state index in [1.807, 2.05) is 43.3 Å². The van der Waals surface area contributed by atoms with E-state index in [9.17, 15) is 9.59 Å². The summed E-state index contributed by atoms with van der Waals surface area (Å²) < 4.78 is 0.174. The van der Waals surface area contributed by atoms with Crippen LogP contribution in [0.4, 0.5) is 5.69 Å². The van der Waals surface area contributed by atoms with Crippen LogP contribution in [0, 0.1) is 4.77 Å². The Labute approximate surface area is 145 Å². The number of H-pyrrole nitrogens is 2. The van der Waals surface area contributed by atoms with Gasteiger partial charge in [-0.15, -0.1) is 0 Å². The maximum Gasteiger partial charge on any atom is 0.273 e. The number of hydrogen-bond acceptors (Lipinski definition) is 5. The third-order valence-electron chi connectivity index (χ3n) is 3.66. The van der Waals surface area contributed by atoms with Gasteiger partial charge in [0.2, 0.25) is 5.91 Å². The molecule has 0 unspecified atom stereocenters. The predicted molar refractivity (Wildman–Crippen MR) is 95.6 cm³/mol. The first-order chi connectivity index (χ1) is 11.4. The average Bonchev–Trinajstić information content (AvgIpc) is 2.54. The molecule has 8 heteroatoms. The highest BCUT2D eigenvalue weighted by molar-refractivity contribution is 7.71. The largest absolute Gasteiger partial charge is 0.378 e. The van der Waals surface area contributed by atoms with Crippen LogP contribution < -0.4 is 10.5 Å². The van der Waals surface area contributed by atoms with Gasteiger partial charge in [-0.05, 0) is 29.9 Å². The monoisotopic (exact) mass is 347 g/mol. The molecule has 7 nitrogen and oxygen atoms in total.